The van der Waals surface area contributed by atoms with Gasteiger partial charge in [0.25, 0.3) is 17.7 Å². The van der Waals surface area contributed by atoms with Crippen LogP contribution in [-0.2, 0) is 9.53 Å². The van der Waals surface area contributed by atoms with Gasteiger partial charge in [0.05, 0.1) is 18.1 Å². The summed E-state index contributed by atoms with van der Waals surface area (Å²) in [5, 5.41) is 5.81. The molecule has 0 radical (unpaired) electrons. The first-order valence-electron chi connectivity index (χ1n) is 13.5. The number of nitrogens with two attached hydrogens (primary N) is 1. The SMILES string of the molecule is Nc1c(C(=O)NC2CCCCC2)nsc1C(=O)N(c1cccc(F)c1)C(C(=O)NCC1CCCO1)c1ccco1. The van der Waals surface area contributed by atoms with Crippen molar-refractivity contribution in [2.75, 3.05) is 23.8 Å². The average Bonchev–Trinajstić information content (AvgIpc) is 3.73. The van der Waals surface area contributed by atoms with E-state index in [4.69, 9.17) is 14.9 Å². The molecule has 1 aromatic carbocycles. The number of carbonyl (C=O) groups is 3. The molecule has 4 N–H and O–H groups in total. The number of anilines is 2. The Kier molecular flexibility index (Phi) is 8.75. The first-order valence-corrected chi connectivity index (χ1v) is 14.3. The van der Waals surface area contributed by atoms with Crippen LogP contribution in [0.4, 0.5) is 15.8 Å². The molecule has 10 nitrogen and oxygen atoms in total. The lowest BCUT2D eigenvalue weighted by molar-refractivity contribution is -0.123. The summed E-state index contributed by atoms with van der Waals surface area (Å²) in [6, 6.07) is 7.22. The van der Waals surface area contributed by atoms with Crippen LogP contribution in [0.5, 0.6) is 0 Å². The number of amides is 3. The van der Waals surface area contributed by atoms with Crippen LogP contribution in [0.3, 0.4) is 0 Å². The summed E-state index contributed by atoms with van der Waals surface area (Å²) in [5.74, 6) is -2.14. The molecule has 1 saturated carbocycles. The van der Waals surface area contributed by atoms with E-state index < -0.39 is 29.6 Å². The van der Waals surface area contributed by atoms with Crippen LogP contribution in [0.25, 0.3) is 0 Å². The normalized spacial score (nSPS) is 18.3. The van der Waals surface area contributed by atoms with Crippen LogP contribution in [0.2, 0.25) is 0 Å². The van der Waals surface area contributed by atoms with Gasteiger partial charge in [0.15, 0.2) is 11.7 Å². The van der Waals surface area contributed by atoms with Crippen molar-refractivity contribution in [3.05, 3.63) is 64.8 Å². The predicted octanol–water partition coefficient (Wildman–Crippen LogP) is 4.20. The number of aromatic nitrogens is 1. The maximum absolute atomic E-state index is 14.4. The zero-order valence-electron chi connectivity index (χ0n) is 21.9. The number of nitrogens with zero attached hydrogens (tertiary/aromatic N) is 2. The van der Waals surface area contributed by atoms with Crippen molar-refractivity contribution in [3.8, 4) is 0 Å². The number of halogens is 1. The van der Waals surface area contributed by atoms with E-state index in [1.165, 1.54) is 24.5 Å². The number of carbonyl (C=O) groups excluding carboxylic acids is 3. The van der Waals surface area contributed by atoms with E-state index in [-0.39, 0.29) is 46.4 Å². The summed E-state index contributed by atoms with van der Waals surface area (Å²) in [4.78, 5) is 41.8. The third-order valence-corrected chi connectivity index (χ3v) is 8.08. The highest BCUT2D eigenvalue weighted by atomic mass is 32.1. The zero-order chi connectivity index (χ0) is 28.1. The van der Waals surface area contributed by atoms with Gasteiger partial charge in [-0.05, 0) is 67.5 Å². The molecule has 3 heterocycles. The summed E-state index contributed by atoms with van der Waals surface area (Å²) in [6.07, 6.45) is 7.92. The molecule has 2 aromatic heterocycles. The molecule has 0 spiro atoms. The molecule has 40 heavy (non-hydrogen) atoms. The van der Waals surface area contributed by atoms with Gasteiger partial charge in [0.1, 0.15) is 16.5 Å². The molecular weight excluding hydrogens is 537 g/mol. The lowest BCUT2D eigenvalue weighted by atomic mass is 9.95. The fourth-order valence-corrected chi connectivity index (χ4v) is 5.91. The highest BCUT2D eigenvalue weighted by molar-refractivity contribution is 7.09. The van der Waals surface area contributed by atoms with Crippen molar-refractivity contribution < 1.29 is 27.9 Å². The molecule has 1 saturated heterocycles. The topological polar surface area (TPSA) is 140 Å². The van der Waals surface area contributed by atoms with E-state index in [0.29, 0.717) is 6.61 Å². The van der Waals surface area contributed by atoms with Gasteiger partial charge in [-0.3, -0.25) is 19.3 Å². The van der Waals surface area contributed by atoms with E-state index >= 15 is 0 Å². The number of benzene rings is 1. The molecule has 5 rings (SSSR count). The minimum atomic E-state index is -1.30. The third kappa shape index (κ3) is 6.18. The van der Waals surface area contributed by atoms with Gasteiger partial charge in [0.2, 0.25) is 0 Å². The monoisotopic (exact) mass is 569 g/mol. The molecular formula is C28H32FN5O5S. The van der Waals surface area contributed by atoms with Crippen LogP contribution in [0.1, 0.15) is 76.9 Å². The van der Waals surface area contributed by atoms with E-state index in [0.717, 1.165) is 67.4 Å². The fourth-order valence-electron chi connectivity index (χ4n) is 5.17. The summed E-state index contributed by atoms with van der Waals surface area (Å²) in [7, 11) is 0. The molecule has 1 aliphatic heterocycles. The smallest absolute Gasteiger partial charge is 0.273 e. The van der Waals surface area contributed by atoms with Crippen molar-refractivity contribution in [3.63, 3.8) is 0 Å². The molecule has 1 aliphatic carbocycles. The maximum Gasteiger partial charge on any atom is 0.273 e. The van der Waals surface area contributed by atoms with E-state index in [9.17, 15) is 18.8 Å². The Morgan fingerprint density at radius 3 is 2.65 bits per heavy atom. The second-order valence-electron chi connectivity index (χ2n) is 10.0. The maximum atomic E-state index is 14.4. The number of ether oxygens (including phenoxy) is 1. The molecule has 12 heteroatoms. The van der Waals surface area contributed by atoms with Gasteiger partial charge >= 0.3 is 0 Å². The second-order valence-corrected chi connectivity index (χ2v) is 10.8. The standard InChI is InChI=1S/C28H32FN5O5S/c29-17-7-4-10-19(15-17)34(24(21-12-6-14-39-21)27(36)31-16-20-11-5-13-38-20)28(37)25-22(30)23(33-40-25)26(35)32-18-8-2-1-3-9-18/h4,6-7,10,12,14-15,18,20,24H,1-3,5,8-9,11,13,16,30H2,(H,31,36)(H,32,35). The molecule has 0 bridgehead atoms. The lowest BCUT2D eigenvalue weighted by Crippen LogP contribution is -2.45. The minimum Gasteiger partial charge on any atom is -0.467 e. The Bertz CT molecular complexity index is 1330. The number of hydrogen-bond donors (Lipinski definition) is 3. The van der Waals surface area contributed by atoms with E-state index in [1.807, 2.05) is 0 Å². The van der Waals surface area contributed by atoms with Crippen molar-refractivity contribution >= 4 is 40.6 Å². The average molecular weight is 570 g/mol. The van der Waals surface area contributed by atoms with Crippen LogP contribution < -0.4 is 21.3 Å². The van der Waals surface area contributed by atoms with Gasteiger partial charge in [-0.2, -0.15) is 4.37 Å². The highest BCUT2D eigenvalue weighted by Crippen LogP contribution is 2.34. The van der Waals surface area contributed by atoms with Crippen molar-refractivity contribution in [1.82, 2.24) is 15.0 Å². The Morgan fingerprint density at radius 1 is 1.12 bits per heavy atom. The van der Waals surface area contributed by atoms with E-state index in [2.05, 4.69) is 15.0 Å². The van der Waals surface area contributed by atoms with Gasteiger partial charge in [-0.25, -0.2) is 4.39 Å². The number of furan rings is 1. The van der Waals surface area contributed by atoms with Crippen LogP contribution in [-0.4, -0.2) is 47.4 Å². The zero-order valence-corrected chi connectivity index (χ0v) is 22.8. The number of hydrogen-bond acceptors (Lipinski definition) is 8. The van der Waals surface area contributed by atoms with Crippen LogP contribution in [0.15, 0.2) is 47.1 Å². The summed E-state index contributed by atoms with van der Waals surface area (Å²) in [5.41, 5.74) is 6.29. The lowest BCUT2D eigenvalue weighted by Gasteiger charge is -2.30. The molecule has 3 amide bonds. The quantitative estimate of drug-likeness (QED) is 0.351. The molecule has 2 fully saturated rings. The Morgan fingerprint density at radius 2 is 1.95 bits per heavy atom. The summed E-state index contributed by atoms with van der Waals surface area (Å²) in [6.45, 7) is 0.868. The van der Waals surface area contributed by atoms with Crippen LogP contribution in [0, 0.1) is 5.82 Å². The van der Waals surface area contributed by atoms with Gasteiger partial charge < -0.3 is 25.5 Å². The summed E-state index contributed by atoms with van der Waals surface area (Å²) >= 11 is 0.759. The molecule has 2 unspecified atom stereocenters. The third-order valence-electron chi connectivity index (χ3n) is 7.23. The molecule has 2 aliphatic rings. The number of nitrogen functional groups attached to an aromatic ring is 1. The van der Waals surface area contributed by atoms with Gasteiger partial charge in [-0.1, -0.05) is 25.3 Å². The van der Waals surface area contributed by atoms with Crippen LogP contribution >= 0.6 is 11.5 Å². The highest BCUT2D eigenvalue weighted by Gasteiger charge is 2.38. The Balaban J connectivity index is 1.47. The predicted molar refractivity (Wildman–Crippen MR) is 148 cm³/mol. The minimum absolute atomic E-state index is 0.0289. The van der Waals surface area contributed by atoms with Crippen molar-refractivity contribution in [1.29, 1.82) is 0 Å². The molecule has 212 valence electrons. The first kappa shape index (κ1) is 27.8. The summed E-state index contributed by atoms with van der Waals surface area (Å²) < 4.78 is 29.8. The van der Waals surface area contributed by atoms with E-state index in [1.54, 1.807) is 12.1 Å². The molecule has 3 aromatic rings. The van der Waals surface area contributed by atoms with Gasteiger partial charge in [-0.15, -0.1) is 0 Å². The largest absolute Gasteiger partial charge is 0.467 e. The van der Waals surface area contributed by atoms with Crippen molar-refractivity contribution in [2.24, 2.45) is 0 Å². The second kappa shape index (κ2) is 12.6. The Labute approximate surface area is 235 Å². The first-order chi connectivity index (χ1) is 19.4. The Hall–Kier alpha value is -3.77. The number of nitrogens with one attached hydrogen (secondary N) is 2. The number of rotatable bonds is 9. The van der Waals surface area contributed by atoms with Crippen molar-refractivity contribution in [2.45, 2.75) is 63.1 Å². The fraction of sp³-hybridized carbons (Fsp3) is 0.429. The van der Waals surface area contributed by atoms with Gasteiger partial charge in [0, 0.05) is 24.9 Å². The molecule has 2 atom stereocenters.